The molecule has 1 N–H and O–H groups in total. The number of rotatable bonds is 3. The average Bonchev–Trinajstić information content (AvgIpc) is 2.99. The largest absolute Gasteiger partial charge is 0.347 e. The van der Waals surface area contributed by atoms with Crippen molar-refractivity contribution in [2.45, 2.75) is 30.2 Å². The maximum Gasteiger partial charge on any atom is 0.262 e. The number of halogens is 4. The summed E-state index contributed by atoms with van der Waals surface area (Å²) in [5, 5.41) is 2.17. The Labute approximate surface area is 135 Å². The van der Waals surface area contributed by atoms with Crippen molar-refractivity contribution in [3.8, 4) is 0 Å². The SMILES string of the molecule is CC1(NC(=O)c2c(Cl)c(Cl)cc(S(=O)(=O)Cl)c2Cl)CC1. The number of hydrogen-bond acceptors (Lipinski definition) is 3. The first kappa shape index (κ1) is 16.2. The number of hydrogen-bond donors (Lipinski definition) is 1. The van der Waals surface area contributed by atoms with Gasteiger partial charge < -0.3 is 5.32 Å². The third-order valence-electron chi connectivity index (χ3n) is 3.03. The molecule has 1 saturated carbocycles. The van der Waals surface area contributed by atoms with Crippen molar-refractivity contribution in [3.63, 3.8) is 0 Å². The molecule has 1 aromatic carbocycles. The van der Waals surface area contributed by atoms with Gasteiger partial charge in [-0.2, -0.15) is 0 Å². The van der Waals surface area contributed by atoms with Crippen LogP contribution in [0.3, 0.4) is 0 Å². The Balaban J connectivity index is 2.57. The summed E-state index contributed by atoms with van der Waals surface area (Å²) in [6, 6.07) is 1.02. The average molecular weight is 377 g/mol. The Bertz CT molecular complexity index is 698. The molecule has 0 atom stereocenters. The molecule has 1 amide bonds. The van der Waals surface area contributed by atoms with Crippen molar-refractivity contribution in [1.82, 2.24) is 5.32 Å². The van der Waals surface area contributed by atoms with Crippen molar-refractivity contribution >= 4 is 60.4 Å². The molecule has 110 valence electrons. The molecule has 1 aliphatic carbocycles. The van der Waals surface area contributed by atoms with Gasteiger partial charge in [0.25, 0.3) is 15.0 Å². The van der Waals surface area contributed by atoms with Crippen molar-refractivity contribution in [1.29, 1.82) is 0 Å². The zero-order chi connectivity index (χ0) is 15.3. The van der Waals surface area contributed by atoms with Crippen LogP contribution >= 0.6 is 45.5 Å². The van der Waals surface area contributed by atoms with Crippen LogP contribution in [0, 0.1) is 0 Å². The fourth-order valence-corrected chi connectivity index (χ4v) is 3.76. The van der Waals surface area contributed by atoms with Crippen LogP contribution in [0.15, 0.2) is 11.0 Å². The topological polar surface area (TPSA) is 63.2 Å². The Morgan fingerprint density at radius 2 is 1.80 bits per heavy atom. The highest BCUT2D eigenvalue weighted by Gasteiger charge is 2.40. The van der Waals surface area contributed by atoms with Gasteiger partial charge in [0, 0.05) is 16.2 Å². The van der Waals surface area contributed by atoms with Crippen molar-refractivity contribution in [2.24, 2.45) is 0 Å². The first-order valence-electron chi connectivity index (χ1n) is 5.50. The van der Waals surface area contributed by atoms with Crippen LogP contribution in [-0.2, 0) is 9.05 Å². The van der Waals surface area contributed by atoms with Gasteiger partial charge in [-0.3, -0.25) is 4.79 Å². The fourth-order valence-electron chi connectivity index (χ4n) is 1.61. The van der Waals surface area contributed by atoms with Gasteiger partial charge in [0.05, 0.1) is 20.6 Å². The van der Waals surface area contributed by atoms with Crippen LogP contribution < -0.4 is 5.32 Å². The van der Waals surface area contributed by atoms with Crippen molar-refractivity contribution < 1.29 is 13.2 Å². The molecule has 1 aromatic rings. The molecular formula is C11H9Cl4NO3S. The Morgan fingerprint density at radius 1 is 1.25 bits per heavy atom. The highest BCUT2D eigenvalue weighted by molar-refractivity contribution is 8.13. The van der Waals surface area contributed by atoms with Crippen molar-refractivity contribution in [2.75, 3.05) is 0 Å². The van der Waals surface area contributed by atoms with E-state index in [9.17, 15) is 13.2 Å². The quantitative estimate of drug-likeness (QED) is 0.643. The first-order valence-corrected chi connectivity index (χ1v) is 8.94. The highest BCUT2D eigenvalue weighted by Crippen LogP contribution is 2.40. The van der Waals surface area contributed by atoms with Crippen LogP contribution in [0.2, 0.25) is 15.1 Å². The lowest BCUT2D eigenvalue weighted by atomic mass is 10.2. The molecule has 4 nitrogen and oxygen atoms in total. The number of benzene rings is 1. The Morgan fingerprint density at radius 3 is 2.25 bits per heavy atom. The van der Waals surface area contributed by atoms with E-state index in [1.807, 2.05) is 6.92 Å². The zero-order valence-electron chi connectivity index (χ0n) is 10.1. The molecular weight excluding hydrogens is 368 g/mol. The van der Waals surface area contributed by atoms with Gasteiger partial charge in [0.2, 0.25) is 0 Å². The molecule has 0 unspecified atom stereocenters. The molecule has 1 aliphatic rings. The minimum Gasteiger partial charge on any atom is -0.347 e. The third kappa shape index (κ3) is 3.17. The maximum absolute atomic E-state index is 12.2. The van der Waals surface area contributed by atoms with Crippen LogP contribution in [0.25, 0.3) is 0 Å². The second-order valence-corrected chi connectivity index (χ2v) is 8.51. The molecule has 2 rings (SSSR count). The fraction of sp³-hybridized carbons (Fsp3) is 0.364. The monoisotopic (exact) mass is 375 g/mol. The van der Waals surface area contributed by atoms with Crippen LogP contribution in [0.4, 0.5) is 0 Å². The highest BCUT2D eigenvalue weighted by atomic mass is 35.7. The van der Waals surface area contributed by atoms with Gasteiger partial charge in [-0.15, -0.1) is 0 Å². The summed E-state index contributed by atoms with van der Waals surface area (Å²) in [5.74, 6) is -0.580. The molecule has 20 heavy (non-hydrogen) atoms. The van der Waals surface area contributed by atoms with Crippen LogP contribution in [0.5, 0.6) is 0 Å². The summed E-state index contributed by atoms with van der Waals surface area (Å²) in [5.41, 5.74) is -0.500. The van der Waals surface area contributed by atoms with E-state index in [0.717, 1.165) is 18.9 Å². The number of nitrogens with one attached hydrogen (secondary N) is 1. The summed E-state index contributed by atoms with van der Waals surface area (Å²) >= 11 is 17.7. The third-order valence-corrected chi connectivity index (χ3v) is 5.67. The van der Waals surface area contributed by atoms with Gasteiger partial charge in [-0.1, -0.05) is 34.8 Å². The van der Waals surface area contributed by atoms with Gasteiger partial charge in [0.1, 0.15) is 4.90 Å². The van der Waals surface area contributed by atoms with Crippen LogP contribution in [0.1, 0.15) is 30.1 Å². The van der Waals surface area contributed by atoms with E-state index in [1.54, 1.807) is 0 Å². The lowest BCUT2D eigenvalue weighted by molar-refractivity contribution is 0.0935. The minimum atomic E-state index is -4.14. The summed E-state index contributed by atoms with van der Waals surface area (Å²) < 4.78 is 22.9. The molecule has 0 heterocycles. The predicted molar refractivity (Wildman–Crippen MR) is 79.6 cm³/mol. The summed E-state index contributed by atoms with van der Waals surface area (Å²) in [6.07, 6.45) is 1.66. The second kappa shape index (κ2) is 5.21. The van der Waals surface area contributed by atoms with E-state index < -0.39 is 19.9 Å². The number of amides is 1. The second-order valence-electron chi connectivity index (χ2n) is 4.81. The summed E-state index contributed by atoms with van der Waals surface area (Å²) in [6.45, 7) is 1.86. The molecule has 9 heteroatoms. The minimum absolute atomic E-state index is 0.109. The molecule has 1 fully saturated rings. The maximum atomic E-state index is 12.2. The van der Waals surface area contributed by atoms with E-state index in [2.05, 4.69) is 5.32 Å². The molecule has 0 aliphatic heterocycles. The smallest absolute Gasteiger partial charge is 0.262 e. The predicted octanol–water partition coefficient (Wildman–Crippen LogP) is 3.86. The van der Waals surface area contributed by atoms with E-state index in [1.165, 1.54) is 0 Å². The van der Waals surface area contributed by atoms with Crippen LogP contribution in [-0.4, -0.2) is 19.9 Å². The standard InChI is InChI=1S/C11H9Cl4NO3S/c1-11(2-3-11)16-10(17)7-8(13)5(12)4-6(9(7)14)20(15,18)19/h4H,2-3H2,1H3,(H,16,17). The van der Waals surface area contributed by atoms with E-state index in [4.69, 9.17) is 45.5 Å². The van der Waals surface area contributed by atoms with E-state index in [0.29, 0.717) is 0 Å². The van der Waals surface area contributed by atoms with E-state index >= 15 is 0 Å². The number of carbonyl (C=O) groups excluding carboxylic acids is 1. The van der Waals surface area contributed by atoms with Gasteiger partial charge in [0.15, 0.2) is 0 Å². The molecule has 0 saturated heterocycles. The molecule has 0 bridgehead atoms. The molecule has 0 radical (unpaired) electrons. The normalized spacial score (nSPS) is 16.9. The zero-order valence-corrected chi connectivity index (χ0v) is 14.0. The van der Waals surface area contributed by atoms with Crippen molar-refractivity contribution in [3.05, 3.63) is 26.7 Å². The van der Waals surface area contributed by atoms with E-state index in [-0.39, 0.29) is 26.2 Å². The lowest BCUT2D eigenvalue weighted by Crippen LogP contribution is -2.34. The lowest BCUT2D eigenvalue weighted by Gasteiger charge is -2.15. The molecule has 0 aromatic heterocycles. The first-order chi connectivity index (χ1) is 9.05. The van der Waals surface area contributed by atoms with Gasteiger partial charge in [-0.05, 0) is 25.8 Å². The van der Waals surface area contributed by atoms with Gasteiger partial charge in [-0.25, -0.2) is 8.42 Å². The summed E-state index contributed by atoms with van der Waals surface area (Å²) in [7, 11) is 1.12. The number of carbonyl (C=O) groups is 1. The summed E-state index contributed by atoms with van der Waals surface area (Å²) in [4.78, 5) is 11.8. The Kier molecular flexibility index (Phi) is 4.22. The van der Waals surface area contributed by atoms with Gasteiger partial charge >= 0.3 is 0 Å². The molecule has 0 spiro atoms. The Hall–Kier alpha value is -0.200.